The molecular formula is C13H19ClN2O2S. The standard InChI is InChI=1S/C13H19ClN2O2S/c1-4-13(2,3)16-12(17)8-19(18)11-6-5-9(15)7-10(11)14/h5-7H,4,8,15H2,1-3H3,(H,16,17). The molecule has 0 saturated carbocycles. The maximum atomic E-state index is 12.1. The predicted octanol–water partition coefficient (Wildman–Crippen LogP) is 2.33. The molecule has 0 bridgehead atoms. The molecule has 1 aromatic carbocycles. The Kier molecular flexibility index (Phi) is 5.38. The van der Waals surface area contributed by atoms with Gasteiger partial charge >= 0.3 is 0 Å². The van der Waals surface area contributed by atoms with Crippen LogP contribution in [0.2, 0.25) is 5.02 Å². The highest BCUT2D eigenvalue weighted by atomic mass is 35.5. The van der Waals surface area contributed by atoms with E-state index >= 15 is 0 Å². The summed E-state index contributed by atoms with van der Waals surface area (Å²) >= 11 is 5.96. The average molecular weight is 303 g/mol. The minimum Gasteiger partial charge on any atom is -0.399 e. The van der Waals surface area contributed by atoms with E-state index in [9.17, 15) is 9.00 Å². The molecule has 0 spiro atoms. The molecule has 0 saturated heterocycles. The molecule has 0 aliphatic heterocycles. The zero-order valence-electron chi connectivity index (χ0n) is 11.3. The van der Waals surface area contributed by atoms with Crippen LogP contribution in [0.1, 0.15) is 27.2 Å². The van der Waals surface area contributed by atoms with Crippen LogP contribution < -0.4 is 11.1 Å². The van der Waals surface area contributed by atoms with Crippen molar-refractivity contribution < 1.29 is 9.00 Å². The molecule has 1 aromatic rings. The number of amides is 1. The van der Waals surface area contributed by atoms with Gasteiger partial charge in [-0.25, -0.2) is 0 Å². The van der Waals surface area contributed by atoms with Crippen LogP contribution in [0.25, 0.3) is 0 Å². The third kappa shape index (κ3) is 4.84. The minimum atomic E-state index is -1.47. The fourth-order valence-corrected chi connectivity index (χ4v) is 2.81. The van der Waals surface area contributed by atoms with Gasteiger partial charge in [0.25, 0.3) is 0 Å². The Balaban J connectivity index is 2.72. The summed E-state index contributed by atoms with van der Waals surface area (Å²) in [6, 6.07) is 4.74. The van der Waals surface area contributed by atoms with Gasteiger partial charge in [-0.2, -0.15) is 0 Å². The average Bonchev–Trinajstić information content (AvgIpc) is 2.27. The van der Waals surface area contributed by atoms with E-state index in [2.05, 4.69) is 5.32 Å². The van der Waals surface area contributed by atoms with Crippen molar-refractivity contribution in [1.82, 2.24) is 5.32 Å². The minimum absolute atomic E-state index is 0.104. The lowest BCUT2D eigenvalue weighted by molar-refractivity contribution is -0.120. The summed E-state index contributed by atoms with van der Waals surface area (Å²) in [4.78, 5) is 12.2. The molecule has 1 unspecified atom stereocenters. The molecule has 106 valence electrons. The smallest absolute Gasteiger partial charge is 0.233 e. The number of nitrogens with two attached hydrogens (primary N) is 1. The van der Waals surface area contributed by atoms with Crippen LogP contribution in [0.4, 0.5) is 5.69 Å². The second kappa shape index (κ2) is 6.39. The Morgan fingerprint density at radius 1 is 1.47 bits per heavy atom. The van der Waals surface area contributed by atoms with Gasteiger partial charge in [0.1, 0.15) is 5.75 Å². The van der Waals surface area contributed by atoms with Crippen LogP contribution in [0.15, 0.2) is 23.1 Å². The fourth-order valence-electron chi connectivity index (χ4n) is 1.40. The molecule has 0 aliphatic rings. The quantitative estimate of drug-likeness (QED) is 0.820. The van der Waals surface area contributed by atoms with E-state index in [-0.39, 0.29) is 17.2 Å². The van der Waals surface area contributed by atoms with E-state index in [1.165, 1.54) is 6.07 Å². The molecule has 4 nitrogen and oxygen atoms in total. The molecule has 1 rings (SSSR count). The van der Waals surface area contributed by atoms with Crippen molar-refractivity contribution in [3.05, 3.63) is 23.2 Å². The molecule has 0 fully saturated rings. The highest BCUT2D eigenvalue weighted by Gasteiger charge is 2.20. The fraction of sp³-hybridized carbons (Fsp3) is 0.462. The topological polar surface area (TPSA) is 72.2 Å². The first-order valence-corrected chi connectivity index (χ1v) is 7.69. The van der Waals surface area contributed by atoms with E-state index in [1.54, 1.807) is 12.1 Å². The summed E-state index contributed by atoms with van der Waals surface area (Å²) in [5.41, 5.74) is 5.77. The van der Waals surface area contributed by atoms with Gasteiger partial charge in [0.2, 0.25) is 5.91 Å². The number of nitrogens with one attached hydrogen (secondary N) is 1. The lowest BCUT2D eigenvalue weighted by Gasteiger charge is -2.24. The number of carbonyl (C=O) groups excluding carboxylic acids is 1. The van der Waals surface area contributed by atoms with Gasteiger partial charge in [-0.05, 0) is 38.5 Å². The summed E-state index contributed by atoms with van der Waals surface area (Å²) in [6.07, 6.45) is 0.800. The van der Waals surface area contributed by atoms with E-state index in [0.29, 0.717) is 15.6 Å². The van der Waals surface area contributed by atoms with Gasteiger partial charge in [-0.15, -0.1) is 0 Å². The monoisotopic (exact) mass is 302 g/mol. The number of nitrogen functional groups attached to an aromatic ring is 1. The molecule has 1 amide bonds. The Hall–Kier alpha value is -1.07. The van der Waals surface area contributed by atoms with Crippen molar-refractivity contribution in [3.8, 4) is 0 Å². The van der Waals surface area contributed by atoms with Gasteiger partial charge in [-0.3, -0.25) is 9.00 Å². The van der Waals surface area contributed by atoms with Crippen molar-refractivity contribution in [1.29, 1.82) is 0 Å². The van der Waals surface area contributed by atoms with Crippen LogP contribution in [0.3, 0.4) is 0 Å². The Morgan fingerprint density at radius 3 is 2.63 bits per heavy atom. The largest absolute Gasteiger partial charge is 0.399 e. The predicted molar refractivity (Wildman–Crippen MR) is 79.7 cm³/mol. The number of benzene rings is 1. The van der Waals surface area contributed by atoms with Crippen LogP contribution in [0.5, 0.6) is 0 Å². The van der Waals surface area contributed by atoms with Gasteiger partial charge < -0.3 is 11.1 Å². The third-order valence-electron chi connectivity index (χ3n) is 2.83. The van der Waals surface area contributed by atoms with Crippen LogP contribution in [0, 0.1) is 0 Å². The van der Waals surface area contributed by atoms with Crippen LogP contribution in [-0.2, 0) is 15.6 Å². The number of rotatable bonds is 5. The van der Waals surface area contributed by atoms with Gasteiger partial charge in [0.15, 0.2) is 0 Å². The SMILES string of the molecule is CCC(C)(C)NC(=O)CS(=O)c1ccc(N)cc1Cl. The normalized spacial score (nSPS) is 13.1. The number of anilines is 1. The maximum Gasteiger partial charge on any atom is 0.233 e. The lowest BCUT2D eigenvalue weighted by Crippen LogP contribution is -2.44. The van der Waals surface area contributed by atoms with E-state index in [0.717, 1.165) is 6.42 Å². The van der Waals surface area contributed by atoms with Gasteiger partial charge in [0.05, 0.1) is 20.7 Å². The van der Waals surface area contributed by atoms with Crippen molar-refractivity contribution in [2.45, 2.75) is 37.6 Å². The maximum absolute atomic E-state index is 12.1. The summed E-state index contributed by atoms with van der Waals surface area (Å²) in [7, 11) is -1.47. The van der Waals surface area contributed by atoms with Gasteiger partial charge in [-0.1, -0.05) is 18.5 Å². The Bertz CT molecular complexity index is 503. The molecule has 19 heavy (non-hydrogen) atoms. The zero-order valence-corrected chi connectivity index (χ0v) is 12.9. The van der Waals surface area contributed by atoms with Crippen molar-refractivity contribution >= 4 is 34.0 Å². The molecule has 0 radical (unpaired) electrons. The molecule has 0 aliphatic carbocycles. The van der Waals surface area contributed by atoms with E-state index in [4.69, 9.17) is 17.3 Å². The van der Waals surface area contributed by atoms with Crippen molar-refractivity contribution in [2.75, 3.05) is 11.5 Å². The highest BCUT2D eigenvalue weighted by Crippen LogP contribution is 2.22. The zero-order chi connectivity index (χ0) is 14.6. The van der Waals surface area contributed by atoms with E-state index < -0.39 is 10.8 Å². The summed E-state index contributed by atoms with van der Waals surface area (Å²) < 4.78 is 12.1. The lowest BCUT2D eigenvalue weighted by atomic mass is 10.0. The van der Waals surface area contributed by atoms with Crippen LogP contribution >= 0.6 is 11.6 Å². The van der Waals surface area contributed by atoms with Crippen LogP contribution in [-0.4, -0.2) is 21.4 Å². The molecule has 0 heterocycles. The van der Waals surface area contributed by atoms with Crippen molar-refractivity contribution in [2.24, 2.45) is 0 Å². The number of hydrogen-bond acceptors (Lipinski definition) is 3. The molecule has 0 aromatic heterocycles. The molecule has 6 heteroatoms. The number of carbonyl (C=O) groups is 1. The van der Waals surface area contributed by atoms with Crippen molar-refractivity contribution in [3.63, 3.8) is 0 Å². The molecule has 3 N–H and O–H groups in total. The number of halogens is 1. The first kappa shape index (κ1) is 16.0. The summed E-state index contributed by atoms with van der Waals surface area (Å²) in [6.45, 7) is 5.82. The van der Waals surface area contributed by atoms with E-state index in [1.807, 2.05) is 20.8 Å². The summed E-state index contributed by atoms with van der Waals surface area (Å²) in [5.74, 6) is -0.356. The second-order valence-electron chi connectivity index (χ2n) is 4.97. The first-order valence-electron chi connectivity index (χ1n) is 5.99. The molecule has 1 atom stereocenters. The highest BCUT2D eigenvalue weighted by molar-refractivity contribution is 7.85. The first-order chi connectivity index (χ1) is 8.75. The summed E-state index contributed by atoms with van der Waals surface area (Å²) in [5, 5.41) is 3.16. The van der Waals surface area contributed by atoms with Gasteiger partial charge in [0, 0.05) is 11.2 Å². The number of hydrogen-bond donors (Lipinski definition) is 2. The second-order valence-corrected chi connectivity index (χ2v) is 6.79. The Labute approximate surface area is 121 Å². The Morgan fingerprint density at radius 2 is 2.11 bits per heavy atom. The third-order valence-corrected chi connectivity index (χ3v) is 4.62. The molecular weight excluding hydrogens is 284 g/mol.